The summed E-state index contributed by atoms with van der Waals surface area (Å²) in [6, 6.07) is 3.69. The SMILES string of the molecule is Cc1nc(C(C)C)sc1C(=O)NCCCOc1cccnc1. The lowest BCUT2D eigenvalue weighted by Crippen LogP contribution is -2.25. The van der Waals surface area contributed by atoms with Gasteiger partial charge in [-0.05, 0) is 25.5 Å². The molecular formula is C16H21N3O2S. The second-order valence-electron chi connectivity index (χ2n) is 5.27. The van der Waals surface area contributed by atoms with Crippen LogP contribution >= 0.6 is 11.3 Å². The van der Waals surface area contributed by atoms with Crippen molar-refractivity contribution >= 4 is 17.2 Å². The number of hydrogen-bond donors (Lipinski definition) is 1. The molecule has 2 heterocycles. The summed E-state index contributed by atoms with van der Waals surface area (Å²) in [4.78, 5) is 21.3. The van der Waals surface area contributed by atoms with Crippen molar-refractivity contribution in [2.45, 2.75) is 33.1 Å². The zero-order valence-corrected chi connectivity index (χ0v) is 13.9. The van der Waals surface area contributed by atoms with Crippen molar-refractivity contribution in [2.24, 2.45) is 0 Å². The minimum Gasteiger partial charge on any atom is -0.492 e. The molecule has 2 rings (SSSR count). The highest BCUT2D eigenvalue weighted by molar-refractivity contribution is 7.13. The third kappa shape index (κ3) is 4.53. The topological polar surface area (TPSA) is 64.1 Å². The van der Waals surface area contributed by atoms with E-state index in [9.17, 15) is 4.79 Å². The molecule has 0 fully saturated rings. The third-order valence-corrected chi connectivity index (χ3v) is 4.48. The standard InChI is InChI=1S/C16H21N3O2S/c1-11(2)16-19-12(3)14(22-16)15(20)18-8-5-9-21-13-6-4-7-17-10-13/h4,6-7,10-11H,5,8-9H2,1-3H3,(H,18,20). The normalized spacial score (nSPS) is 10.7. The zero-order chi connectivity index (χ0) is 15.9. The Labute approximate surface area is 134 Å². The van der Waals surface area contributed by atoms with E-state index in [0.717, 1.165) is 22.9 Å². The molecule has 1 amide bonds. The van der Waals surface area contributed by atoms with Gasteiger partial charge in [-0.25, -0.2) is 4.98 Å². The van der Waals surface area contributed by atoms with Crippen molar-refractivity contribution in [3.05, 3.63) is 40.1 Å². The fourth-order valence-electron chi connectivity index (χ4n) is 1.85. The molecule has 6 heteroatoms. The largest absolute Gasteiger partial charge is 0.492 e. The van der Waals surface area contributed by atoms with Gasteiger partial charge in [0, 0.05) is 18.7 Å². The lowest BCUT2D eigenvalue weighted by atomic mass is 10.2. The van der Waals surface area contributed by atoms with Gasteiger partial charge < -0.3 is 10.1 Å². The molecule has 118 valence electrons. The highest BCUT2D eigenvalue weighted by atomic mass is 32.1. The van der Waals surface area contributed by atoms with E-state index in [1.807, 2.05) is 19.1 Å². The summed E-state index contributed by atoms with van der Waals surface area (Å²) in [5, 5.41) is 3.92. The summed E-state index contributed by atoms with van der Waals surface area (Å²) < 4.78 is 5.53. The van der Waals surface area contributed by atoms with Gasteiger partial charge in [-0.2, -0.15) is 0 Å². The molecule has 22 heavy (non-hydrogen) atoms. The van der Waals surface area contributed by atoms with E-state index in [1.165, 1.54) is 11.3 Å². The lowest BCUT2D eigenvalue weighted by Gasteiger charge is -2.06. The Morgan fingerprint density at radius 3 is 2.91 bits per heavy atom. The molecule has 0 aromatic carbocycles. The molecule has 2 aromatic rings. The minimum atomic E-state index is -0.0525. The van der Waals surface area contributed by atoms with Crippen LogP contribution in [0.4, 0.5) is 0 Å². The summed E-state index contributed by atoms with van der Waals surface area (Å²) in [7, 11) is 0. The maximum absolute atomic E-state index is 12.1. The summed E-state index contributed by atoms with van der Waals surface area (Å²) in [5.74, 6) is 1.04. The van der Waals surface area contributed by atoms with Crippen molar-refractivity contribution in [3.63, 3.8) is 0 Å². The van der Waals surface area contributed by atoms with Crippen LogP contribution < -0.4 is 10.1 Å². The molecule has 0 aliphatic rings. The predicted molar refractivity (Wildman–Crippen MR) is 87.6 cm³/mol. The Balaban J connectivity index is 1.74. The fourth-order valence-corrected chi connectivity index (χ4v) is 2.84. The molecule has 0 saturated carbocycles. The van der Waals surface area contributed by atoms with Crippen LogP contribution in [0.1, 0.15) is 46.6 Å². The molecular weight excluding hydrogens is 298 g/mol. The van der Waals surface area contributed by atoms with Gasteiger partial charge in [0.05, 0.1) is 23.5 Å². The molecule has 2 aromatic heterocycles. The van der Waals surface area contributed by atoms with E-state index in [-0.39, 0.29) is 5.91 Å². The van der Waals surface area contributed by atoms with Crippen LogP contribution in [0.2, 0.25) is 0 Å². The molecule has 0 spiro atoms. The average Bonchev–Trinajstić information content (AvgIpc) is 2.90. The first kappa shape index (κ1) is 16.4. The van der Waals surface area contributed by atoms with Crippen LogP contribution in [0.5, 0.6) is 5.75 Å². The van der Waals surface area contributed by atoms with Crippen molar-refractivity contribution in [3.8, 4) is 5.75 Å². The highest BCUT2D eigenvalue weighted by Gasteiger charge is 2.16. The third-order valence-electron chi connectivity index (χ3n) is 3.02. The van der Waals surface area contributed by atoms with Gasteiger partial charge in [0.25, 0.3) is 5.91 Å². The first-order chi connectivity index (χ1) is 10.6. The second kappa shape index (κ2) is 7.89. The van der Waals surface area contributed by atoms with Crippen molar-refractivity contribution in [1.29, 1.82) is 0 Å². The van der Waals surface area contributed by atoms with Crippen molar-refractivity contribution in [1.82, 2.24) is 15.3 Å². The number of amides is 1. The number of rotatable bonds is 7. The Hall–Kier alpha value is -1.95. The van der Waals surface area contributed by atoms with Crippen molar-refractivity contribution in [2.75, 3.05) is 13.2 Å². The number of nitrogens with one attached hydrogen (secondary N) is 1. The number of carbonyl (C=O) groups excluding carboxylic acids is 1. The quantitative estimate of drug-likeness (QED) is 0.796. The number of aromatic nitrogens is 2. The van der Waals surface area contributed by atoms with Crippen LogP contribution in [0.25, 0.3) is 0 Å². The van der Waals surface area contributed by atoms with E-state index in [1.54, 1.807) is 12.4 Å². The maximum atomic E-state index is 12.1. The Morgan fingerprint density at radius 2 is 2.27 bits per heavy atom. The van der Waals surface area contributed by atoms with Crippen LogP contribution in [0, 0.1) is 6.92 Å². The van der Waals surface area contributed by atoms with Gasteiger partial charge in [-0.1, -0.05) is 13.8 Å². The zero-order valence-electron chi connectivity index (χ0n) is 13.1. The number of carbonyl (C=O) groups is 1. The van der Waals surface area contributed by atoms with Gasteiger partial charge in [-0.15, -0.1) is 11.3 Å². The Bertz CT molecular complexity index is 611. The van der Waals surface area contributed by atoms with Gasteiger partial charge in [0.2, 0.25) is 0 Å². The molecule has 1 N–H and O–H groups in total. The molecule has 0 atom stereocenters. The summed E-state index contributed by atoms with van der Waals surface area (Å²) >= 11 is 1.47. The van der Waals surface area contributed by atoms with Crippen LogP contribution in [0.3, 0.4) is 0 Å². The second-order valence-corrected chi connectivity index (χ2v) is 6.30. The van der Waals surface area contributed by atoms with Crippen LogP contribution in [-0.4, -0.2) is 29.0 Å². The van der Waals surface area contributed by atoms with Crippen LogP contribution in [0.15, 0.2) is 24.5 Å². The number of aryl methyl sites for hydroxylation is 1. The molecule has 5 nitrogen and oxygen atoms in total. The van der Waals surface area contributed by atoms with Gasteiger partial charge in [0.1, 0.15) is 10.6 Å². The fraction of sp³-hybridized carbons (Fsp3) is 0.438. The highest BCUT2D eigenvalue weighted by Crippen LogP contribution is 2.24. The summed E-state index contributed by atoms with van der Waals surface area (Å²) in [5.41, 5.74) is 0.804. The number of hydrogen-bond acceptors (Lipinski definition) is 5. The molecule has 0 bridgehead atoms. The van der Waals surface area contributed by atoms with E-state index < -0.39 is 0 Å². The lowest BCUT2D eigenvalue weighted by molar-refractivity contribution is 0.0955. The monoisotopic (exact) mass is 319 g/mol. The maximum Gasteiger partial charge on any atom is 0.263 e. The minimum absolute atomic E-state index is 0.0525. The number of ether oxygens (including phenoxy) is 1. The molecule has 0 saturated heterocycles. The van der Waals surface area contributed by atoms with Crippen molar-refractivity contribution < 1.29 is 9.53 Å². The van der Waals surface area contributed by atoms with E-state index in [0.29, 0.717) is 23.9 Å². The smallest absolute Gasteiger partial charge is 0.263 e. The average molecular weight is 319 g/mol. The van der Waals surface area contributed by atoms with Gasteiger partial charge >= 0.3 is 0 Å². The molecule has 0 aliphatic carbocycles. The molecule has 0 aliphatic heterocycles. The summed E-state index contributed by atoms with van der Waals surface area (Å²) in [6.07, 6.45) is 4.12. The molecule has 0 radical (unpaired) electrons. The van der Waals surface area contributed by atoms with Gasteiger partial charge in [-0.3, -0.25) is 9.78 Å². The van der Waals surface area contributed by atoms with E-state index in [2.05, 4.69) is 29.1 Å². The van der Waals surface area contributed by atoms with E-state index in [4.69, 9.17) is 4.74 Å². The Morgan fingerprint density at radius 1 is 1.45 bits per heavy atom. The first-order valence-electron chi connectivity index (χ1n) is 7.36. The molecule has 0 unspecified atom stereocenters. The number of nitrogens with zero attached hydrogens (tertiary/aromatic N) is 2. The Kier molecular flexibility index (Phi) is 5.89. The number of thiazole rings is 1. The predicted octanol–water partition coefficient (Wildman–Crippen LogP) is 3.17. The number of pyridine rings is 1. The van der Waals surface area contributed by atoms with Gasteiger partial charge in [0.15, 0.2) is 0 Å². The first-order valence-corrected chi connectivity index (χ1v) is 8.18. The summed E-state index contributed by atoms with van der Waals surface area (Å²) in [6.45, 7) is 7.16. The van der Waals surface area contributed by atoms with Crippen LogP contribution in [-0.2, 0) is 0 Å². The van der Waals surface area contributed by atoms with E-state index >= 15 is 0 Å².